The molecule has 0 bridgehead atoms. The number of sulfonamides is 1. The van der Waals surface area contributed by atoms with Crippen LogP contribution in [0.5, 0.6) is 0 Å². The molecular weight excluding hydrogens is 298 g/mol. The van der Waals surface area contributed by atoms with E-state index < -0.39 is 31.4 Å². The van der Waals surface area contributed by atoms with Crippen LogP contribution in [0.3, 0.4) is 0 Å². The van der Waals surface area contributed by atoms with Gasteiger partial charge in [-0.25, -0.2) is 13.6 Å². The largest absolute Gasteiger partial charge is 0.347 e. The third-order valence-corrected chi connectivity index (χ3v) is 4.43. The van der Waals surface area contributed by atoms with Crippen molar-refractivity contribution in [3.63, 3.8) is 0 Å². The van der Waals surface area contributed by atoms with Gasteiger partial charge in [0.1, 0.15) is 0 Å². The topological polar surface area (TPSA) is 132 Å². The number of nitrogens with zero attached hydrogens (tertiary/aromatic N) is 1. The lowest BCUT2D eigenvalue weighted by atomic mass is 10.1. The van der Waals surface area contributed by atoms with Gasteiger partial charge in [-0.1, -0.05) is 0 Å². The SMILES string of the molecule is Cc1c(C(=O)NC2(C)CC2)cc(S(N)(=O)=O)cc1[N+](=O)[O-]. The monoisotopic (exact) mass is 313 g/mol. The summed E-state index contributed by atoms with van der Waals surface area (Å²) in [5.74, 6) is -0.541. The molecule has 0 aromatic heterocycles. The van der Waals surface area contributed by atoms with E-state index >= 15 is 0 Å². The van der Waals surface area contributed by atoms with Crippen molar-refractivity contribution in [1.29, 1.82) is 0 Å². The molecule has 21 heavy (non-hydrogen) atoms. The third-order valence-electron chi connectivity index (χ3n) is 3.54. The molecule has 0 unspecified atom stereocenters. The van der Waals surface area contributed by atoms with Crippen molar-refractivity contribution in [2.24, 2.45) is 5.14 Å². The summed E-state index contributed by atoms with van der Waals surface area (Å²) in [5, 5.41) is 18.7. The van der Waals surface area contributed by atoms with Crippen molar-refractivity contribution in [3.8, 4) is 0 Å². The molecule has 0 radical (unpaired) electrons. The first-order valence-electron chi connectivity index (χ1n) is 6.18. The number of hydrogen-bond acceptors (Lipinski definition) is 5. The molecule has 0 spiro atoms. The zero-order chi connectivity index (χ0) is 16.0. The van der Waals surface area contributed by atoms with Gasteiger partial charge in [-0.3, -0.25) is 14.9 Å². The number of nitrogens with one attached hydrogen (secondary N) is 1. The molecule has 1 amide bonds. The second-order valence-electron chi connectivity index (χ2n) is 5.43. The Bertz CT molecular complexity index is 738. The highest BCUT2D eigenvalue weighted by atomic mass is 32.2. The predicted octanol–water partition coefficient (Wildman–Crippen LogP) is 0.833. The summed E-state index contributed by atoms with van der Waals surface area (Å²) in [4.78, 5) is 22.0. The van der Waals surface area contributed by atoms with E-state index in [0.717, 1.165) is 25.0 Å². The molecule has 2 rings (SSSR count). The van der Waals surface area contributed by atoms with Gasteiger partial charge in [-0.05, 0) is 32.8 Å². The average molecular weight is 313 g/mol. The number of nitrogens with two attached hydrogens (primary N) is 1. The fraction of sp³-hybridized carbons (Fsp3) is 0.417. The molecule has 8 nitrogen and oxygen atoms in total. The fourth-order valence-electron chi connectivity index (χ4n) is 1.92. The molecule has 1 aromatic carbocycles. The van der Waals surface area contributed by atoms with Gasteiger partial charge in [0.15, 0.2) is 0 Å². The maximum atomic E-state index is 12.2. The zero-order valence-electron chi connectivity index (χ0n) is 11.5. The van der Waals surface area contributed by atoms with Crippen molar-refractivity contribution in [2.45, 2.75) is 37.1 Å². The van der Waals surface area contributed by atoms with Crippen molar-refractivity contribution >= 4 is 21.6 Å². The summed E-state index contributed by atoms with van der Waals surface area (Å²) in [6, 6.07) is 1.93. The number of primary sulfonamides is 1. The van der Waals surface area contributed by atoms with Crippen LogP contribution in [0, 0.1) is 17.0 Å². The van der Waals surface area contributed by atoms with Crippen molar-refractivity contribution in [1.82, 2.24) is 5.32 Å². The van der Waals surface area contributed by atoms with Crippen LogP contribution in [0.2, 0.25) is 0 Å². The standard InChI is InChI=1S/C12H15N3O5S/c1-7-9(11(16)14-12(2)3-4-12)5-8(21(13,19)20)6-10(7)15(17)18/h5-6H,3-4H2,1-2H3,(H,14,16)(H2,13,19,20). The van der Waals surface area contributed by atoms with Gasteiger partial charge in [0.25, 0.3) is 11.6 Å². The summed E-state index contributed by atoms with van der Waals surface area (Å²) in [5.41, 5.74) is -0.723. The summed E-state index contributed by atoms with van der Waals surface area (Å²) in [7, 11) is -4.14. The molecule has 1 aliphatic rings. The minimum absolute atomic E-state index is 0.0543. The van der Waals surface area contributed by atoms with E-state index in [4.69, 9.17) is 5.14 Å². The quantitative estimate of drug-likeness (QED) is 0.627. The van der Waals surface area contributed by atoms with E-state index in [9.17, 15) is 23.3 Å². The van der Waals surface area contributed by atoms with Crippen molar-refractivity contribution in [3.05, 3.63) is 33.4 Å². The van der Waals surface area contributed by atoms with E-state index in [0.29, 0.717) is 0 Å². The van der Waals surface area contributed by atoms with Crippen LogP contribution in [-0.4, -0.2) is 24.8 Å². The Morgan fingerprint density at radius 2 is 2.00 bits per heavy atom. The van der Waals surface area contributed by atoms with Crippen LogP contribution in [-0.2, 0) is 10.0 Å². The summed E-state index contributed by atoms with van der Waals surface area (Å²) in [6.45, 7) is 3.24. The first-order valence-corrected chi connectivity index (χ1v) is 7.72. The van der Waals surface area contributed by atoms with Gasteiger partial charge < -0.3 is 5.32 Å². The van der Waals surface area contributed by atoms with Crippen LogP contribution in [0.1, 0.15) is 35.7 Å². The van der Waals surface area contributed by atoms with E-state index in [-0.39, 0.29) is 16.7 Å². The number of benzene rings is 1. The van der Waals surface area contributed by atoms with E-state index in [1.165, 1.54) is 6.92 Å². The lowest BCUT2D eigenvalue weighted by Crippen LogP contribution is -2.34. The van der Waals surface area contributed by atoms with Crippen LogP contribution < -0.4 is 10.5 Å². The smallest absolute Gasteiger partial charge is 0.274 e. The number of nitro groups is 1. The van der Waals surface area contributed by atoms with E-state index in [1.807, 2.05) is 6.92 Å². The lowest BCUT2D eigenvalue weighted by molar-refractivity contribution is -0.385. The maximum absolute atomic E-state index is 12.2. The van der Waals surface area contributed by atoms with Gasteiger partial charge in [0, 0.05) is 17.2 Å². The highest BCUT2D eigenvalue weighted by Crippen LogP contribution is 2.35. The average Bonchev–Trinajstić information content (AvgIpc) is 3.04. The molecule has 0 atom stereocenters. The summed E-state index contributed by atoms with van der Waals surface area (Å²) in [6.07, 6.45) is 1.63. The Balaban J connectivity index is 2.55. The first kappa shape index (κ1) is 15.4. The first-order chi connectivity index (χ1) is 9.53. The minimum Gasteiger partial charge on any atom is -0.347 e. The summed E-state index contributed by atoms with van der Waals surface area (Å²) < 4.78 is 22.8. The predicted molar refractivity (Wildman–Crippen MR) is 74.3 cm³/mol. The molecule has 9 heteroatoms. The number of amides is 1. The molecule has 1 aliphatic carbocycles. The van der Waals surface area contributed by atoms with Crippen molar-refractivity contribution in [2.75, 3.05) is 0 Å². The molecule has 1 saturated carbocycles. The number of carbonyl (C=O) groups excluding carboxylic acids is 1. The minimum atomic E-state index is -4.14. The normalized spacial score (nSPS) is 16.3. The molecule has 0 aliphatic heterocycles. The molecule has 3 N–H and O–H groups in total. The highest BCUT2D eigenvalue weighted by molar-refractivity contribution is 7.89. The van der Waals surface area contributed by atoms with Gasteiger partial charge in [0.2, 0.25) is 10.0 Å². The Morgan fingerprint density at radius 3 is 2.43 bits per heavy atom. The van der Waals surface area contributed by atoms with Gasteiger partial charge in [0.05, 0.1) is 15.4 Å². The number of nitro benzene ring substituents is 1. The molecule has 1 aromatic rings. The summed E-state index contributed by atoms with van der Waals surface area (Å²) >= 11 is 0. The van der Waals surface area contributed by atoms with E-state index in [1.54, 1.807) is 0 Å². The molecule has 1 fully saturated rings. The van der Waals surface area contributed by atoms with Crippen LogP contribution >= 0.6 is 0 Å². The fourth-order valence-corrected chi connectivity index (χ4v) is 2.47. The second kappa shape index (κ2) is 4.78. The number of rotatable bonds is 4. The van der Waals surface area contributed by atoms with Gasteiger partial charge in [-0.15, -0.1) is 0 Å². The molecule has 114 valence electrons. The third kappa shape index (κ3) is 3.19. The van der Waals surface area contributed by atoms with Gasteiger partial charge >= 0.3 is 0 Å². The Kier molecular flexibility index (Phi) is 3.50. The van der Waals surface area contributed by atoms with Crippen molar-refractivity contribution < 1.29 is 18.1 Å². The van der Waals surface area contributed by atoms with E-state index in [2.05, 4.69) is 5.32 Å². The zero-order valence-corrected chi connectivity index (χ0v) is 12.4. The Morgan fingerprint density at radius 1 is 1.43 bits per heavy atom. The maximum Gasteiger partial charge on any atom is 0.274 e. The van der Waals surface area contributed by atoms with Crippen LogP contribution in [0.25, 0.3) is 0 Å². The van der Waals surface area contributed by atoms with Gasteiger partial charge in [-0.2, -0.15) is 0 Å². The molecule has 0 heterocycles. The second-order valence-corrected chi connectivity index (χ2v) is 6.99. The highest BCUT2D eigenvalue weighted by Gasteiger charge is 2.39. The lowest BCUT2D eigenvalue weighted by Gasteiger charge is -2.14. The van der Waals surface area contributed by atoms with Crippen LogP contribution in [0.15, 0.2) is 17.0 Å². The Hall–Kier alpha value is -2.00. The molecular formula is C12H15N3O5S. The number of carbonyl (C=O) groups is 1. The molecule has 0 saturated heterocycles. The van der Waals surface area contributed by atoms with Crippen LogP contribution in [0.4, 0.5) is 5.69 Å². The Labute approximate surface area is 121 Å². The number of hydrogen-bond donors (Lipinski definition) is 2.